The maximum atomic E-state index is 12.6. The van der Waals surface area contributed by atoms with Crippen molar-refractivity contribution < 1.29 is 37.3 Å². The van der Waals surface area contributed by atoms with Crippen molar-refractivity contribution in [2.24, 2.45) is 0 Å². The largest absolute Gasteiger partial charge is 0.472 e. The van der Waals surface area contributed by atoms with Crippen molar-refractivity contribution in [1.29, 1.82) is 0 Å². The molecule has 0 aromatic carbocycles. The van der Waals surface area contributed by atoms with Crippen LogP contribution in [-0.4, -0.2) is 75.6 Å². The van der Waals surface area contributed by atoms with E-state index in [4.69, 9.17) is 18.5 Å². The third-order valence-electron chi connectivity index (χ3n) is 8.42. The number of quaternary nitrogens is 1. The molecule has 50 heavy (non-hydrogen) atoms. The van der Waals surface area contributed by atoms with E-state index in [1.54, 1.807) is 0 Å². The molecule has 0 radical (unpaired) electrons. The van der Waals surface area contributed by atoms with Crippen LogP contribution in [0.25, 0.3) is 0 Å². The smallest absolute Gasteiger partial charge is 0.457 e. The highest BCUT2D eigenvalue weighted by molar-refractivity contribution is 7.47. The third kappa shape index (κ3) is 38.0. The van der Waals surface area contributed by atoms with Gasteiger partial charge in [-0.1, -0.05) is 127 Å². The maximum absolute atomic E-state index is 12.6. The lowest BCUT2D eigenvalue weighted by molar-refractivity contribution is -0.870. The number of esters is 1. The second kappa shape index (κ2) is 34.8. The Morgan fingerprint density at radius 2 is 1.12 bits per heavy atom. The standard InChI is InChI=1S/C41H78NO7P/c1-6-8-10-12-14-16-18-20-21-23-25-27-29-31-33-36-46-38-40(39-48-50(44,45)47-37-35-42(3,4)5)49-41(43)34-32-30-28-26-24-22-19-17-15-13-11-9-7-2/h12,14,17-20,40H,6-11,13,15-16,21-39H2,1-5H3/p+1/b14-12-,19-17-,20-18-. The Bertz CT molecular complexity index is 900. The van der Waals surface area contributed by atoms with Crippen molar-refractivity contribution in [3.05, 3.63) is 36.5 Å². The highest BCUT2D eigenvalue weighted by Gasteiger charge is 2.26. The first-order valence-electron chi connectivity index (χ1n) is 20.2. The highest BCUT2D eigenvalue weighted by atomic mass is 31.2. The van der Waals surface area contributed by atoms with Crippen molar-refractivity contribution in [3.63, 3.8) is 0 Å². The van der Waals surface area contributed by atoms with Crippen LogP contribution in [0, 0.1) is 0 Å². The molecule has 0 aliphatic rings. The molecule has 0 aliphatic heterocycles. The van der Waals surface area contributed by atoms with E-state index >= 15 is 0 Å². The summed E-state index contributed by atoms with van der Waals surface area (Å²) >= 11 is 0. The van der Waals surface area contributed by atoms with Crippen LogP contribution in [0.1, 0.15) is 162 Å². The molecule has 0 aromatic rings. The first-order chi connectivity index (χ1) is 24.1. The molecule has 0 spiro atoms. The molecule has 0 rings (SSSR count). The number of hydrogen-bond donors (Lipinski definition) is 1. The van der Waals surface area contributed by atoms with E-state index in [2.05, 4.69) is 50.3 Å². The summed E-state index contributed by atoms with van der Waals surface area (Å²) in [5.41, 5.74) is 0. The molecule has 2 atom stereocenters. The SMILES string of the molecule is CCCC/C=C\C/C=C\CCCCCCCCOCC(COP(=O)(O)OCC[N+](C)(C)C)OC(=O)CCCCCCC/C=C\CCCCCC. The number of carbonyl (C=O) groups excluding carboxylic acids is 1. The highest BCUT2D eigenvalue weighted by Crippen LogP contribution is 2.43. The number of hydrogen-bond acceptors (Lipinski definition) is 6. The summed E-state index contributed by atoms with van der Waals surface area (Å²) in [7, 11) is 1.65. The van der Waals surface area contributed by atoms with Gasteiger partial charge in [0.25, 0.3) is 0 Å². The zero-order valence-electron chi connectivity index (χ0n) is 33.1. The quantitative estimate of drug-likeness (QED) is 0.0224. The van der Waals surface area contributed by atoms with Crippen molar-refractivity contribution in [2.45, 2.75) is 168 Å². The van der Waals surface area contributed by atoms with Crippen LogP contribution in [0.4, 0.5) is 0 Å². The number of unbranched alkanes of at least 4 members (excludes halogenated alkanes) is 17. The van der Waals surface area contributed by atoms with Gasteiger partial charge >= 0.3 is 13.8 Å². The molecule has 0 saturated heterocycles. The lowest BCUT2D eigenvalue weighted by atomic mass is 10.1. The fraction of sp³-hybridized carbons (Fsp3) is 0.829. The predicted octanol–water partition coefficient (Wildman–Crippen LogP) is 11.4. The fourth-order valence-corrected chi connectivity index (χ4v) is 5.95. The Kier molecular flexibility index (Phi) is 33.9. The second-order valence-electron chi connectivity index (χ2n) is 14.7. The summed E-state index contributed by atoms with van der Waals surface area (Å²) in [6.45, 7) is 5.52. The van der Waals surface area contributed by atoms with Gasteiger partial charge in [0, 0.05) is 13.0 Å². The number of nitrogens with zero attached hydrogens (tertiary/aromatic N) is 1. The van der Waals surface area contributed by atoms with Gasteiger partial charge in [-0.2, -0.15) is 0 Å². The molecule has 0 bridgehead atoms. The molecule has 9 heteroatoms. The van der Waals surface area contributed by atoms with Crippen LogP contribution in [0.2, 0.25) is 0 Å². The average Bonchev–Trinajstić information content (AvgIpc) is 3.06. The number of carbonyl (C=O) groups is 1. The lowest BCUT2D eigenvalue weighted by Crippen LogP contribution is -2.37. The summed E-state index contributed by atoms with van der Waals surface area (Å²) in [5.74, 6) is -0.329. The monoisotopic (exact) mass is 729 g/mol. The maximum Gasteiger partial charge on any atom is 0.472 e. The van der Waals surface area contributed by atoms with Crippen LogP contribution < -0.4 is 0 Å². The Labute approximate surface area is 308 Å². The van der Waals surface area contributed by atoms with Gasteiger partial charge in [-0.25, -0.2) is 4.57 Å². The van der Waals surface area contributed by atoms with E-state index in [-0.39, 0.29) is 25.8 Å². The number of phosphoric acid groups is 1. The minimum atomic E-state index is -4.27. The number of allylic oxidation sites excluding steroid dienone is 6. The minimum absolute atomic E-state index is 0.0844. The molecular weight excluding hydrogens is 649 g/mol. The molecule has 0 saturated carbocycles. The van der Waals surface area contributed by atoms with E-state index in [9.17, 15) is 14.3 Å². The summed E-state index contributed by atoms with van der Waals surface area (Å²) in [6, 6.07) is 0. The first-order valence-corrected chi connectivity index (χ1v) is 21.7. The van der Waals surface area contributed by atoms with Gasteiger partial charge in [0.1, 0.15) is 19.3 Å². The Morgan fingerprint density at radius 3 is 1.70 bits per heavy atom. The average molecular weight is 729 g/mol. The van der Waals surface area contributed by atoms with Gasteiger partial charge in [0.15, 0.2) is 0 Å². The molecule has 2 unspecified atom stereocenters. The van der Waals surface area contributed by atoms with Crippen molar-refractivity contribution in [3.8, 4) is 0 Å². The Hall–Kier alpha value is -1.28. The van der Waals surface area contributed by atoms with E-state index in [1.807, 2.05) is 21.1 Å². The molecule has 0 aliphatic carbocycles. The number of ether oxygens (including phenoxy) is 2. The molecule has 0 aromatic heterocycles. The molecule has 1 N–H and O–H groups in total. The van der Waals surface area contributed by atoms with Crippen molar-refractivity contribution in [2.75, 3.05) is 54.1 Å². The molecule has 8 nitrogen and oxygen atoms in total. The van der Waals surface area contributed by atoms with E-state index in [0.717, 1.165) is 57.8 Å². The zero-order valence-corrected chi connectivity index (χ0v) is 34.0. The van der Waals surface area contributed by atoms with Crippen LogP contribution in [0.15, 0.2) is 36.5 Å². The van der Waals surface area contributed by atoms with E-state index < -0.39 is 13.9 Å². The van der Waals surface area contributed by atoms with Crippen LogP contribution in [0.5, 0.6) is 0 Å². The van der Waals surface area contributed by atoms with E-state index in [1.165, 1.54) is 83.5 Å². The summed E-state index contributed by atoms with van der Waals surface area (Å²) in [6.07, 6.45) is 38.8. The first kappa shape index (κ1) is 48.7. The van der Waals surface area contributed by atoms with Gasteiger partial charge in [0.2, 0.25) is 0 Å². The third-order valence-corrected chi connectivity index (χ3v) is 9.41. The van der Waals surface area contributed by atoms with Gasteiger partial charge in [-0.15, -0.1) is 0 Å². The molecular formula is C41H79NO7P+. The predicted molar refractivity (Wildman–Crippen MR) is 210 cm³/mol. The molecule has 0 heterocycles. The van der Waals surface area contributed by atoms with Crippen LogP contribution >= 0.6 is 7.82 Å². The van der Waals surface area contributed by atoms with Gasteiger partial charge in [-0.3, -0.25) is 13.8 Å². The summed E-state index contributed by atoms with van der Waals surface area (Å²) in [4.78, 5) is 22.8. The minimum Gasteiger partial charge on any atom is -0.457 e. The number of phosphoric ester groups is 1. The van der Waals surface area contributed by atoms with E-state index in [0.29, 0.717) is 24.1 Å². The molecule has 294 valence electrons. The summed E-state index contributed by atoms with van der Waals surface area (Å²) in [5, 5.41) is 0. The zero-order chi connectivity index (χ0) is 37.0. The van der Waals surface area contributed by atoms with Gasteiger partial charge < -0.3 is 18.9 Å². The molecule has 0 amide bonds. The number of rotatable bonds is 37. The Balaban J connectivity index is 4.31. The van der Waals surface area contributed by atoms with Crippen LogP contribution in [-0.2, 0) is 27.9 Å². The number of likely N-dealkylation sites (N-methyl/N-ethyl adjacent to an activating group) is 1. The van der Waals surface area contributed by atoms with Gasteiger partial charge in [0.05, 0.1) is 34.4 Å². The Morgan fingerprint density at radius 1 is 0.620 bits per heavy atom. The second-order valence-corrected chi connectivity index (χ2v) is 16.1. The summed E-state index contributed by atoms with van der Waals surface area (Å²) < 4.78 is 34.9. The normalized spacial score (nSPS) is 14.3. The van der Waals surface area contributed by atoms with Crippen molar-refractivity contribution in [1.82, 2.24) is 0 Å². The fourth-order valence-electron chi connectivity index (χ4n) is 5.21. The molecule has 0 fully saturated rings. The van der Waals surface area contributed by atoms with Gasteiger partial charge in [-0.05, 0) is 64.2 Å². The van der Waals surface area contributed by atoms with Crippen LogP contribution in [0.3, 0.4) is 0 Å². The lowest BCUT2D eigenvalue weighted by Gasteiger charge is -2.24. The topological polar surface area (TPSA) is 91.3 Å². The van der Waals surface area contributed by atoms with Crippen molar-refractivity contribution >= 4 is 13.8 Å².